The van der Waals surface area contributed by atoms with Crippen molar-refractivity contribution in [2.45, 2.75) is 11.3 Å². The lowest BCUT2D eigenvalue weighted by Crippen LogP contribution is -2.25. The maximum absolute atomic E-state index is 11.9. The van der Waals surface area contributed by atoms with Crippen molar-refractivity contribution in [1.29, 1.82) is 0 Å². The van der Waals surface area contributed by atoms with Crippen molar-refractivity contribution in [3.63, 3.8) is 0 Å². The smallest absolute Gasteiger partial charge is 0.242 e. The summed E-state index contributed by atoms with van der Waals surface area (Å²) < 4.78 is 27.1. The van der Waals surface area contributed by atoms with Crippen LogP contribution in [0.3, 0.4) is 0 Å². The fraction of sp³-hybridized carbons (Fsp3) is 0.182. The van der Waals surface area contributed by atoms with Crippen LogP contribution in [0.5, 0.6) is 0 Å². The van der Waals surface area contributed by atoms with E-state index in [1.165, 1.54) is 12.3 Å². The molecule has 1 N–H and O–H groups in total. The van der Waals surface area contributed by atoms with Crippen LogP contribution in [0.15, 0.2) is 45.3 Å². The Balaban J connectivity index is 1.99. The lowest BCUT2D eigenvalue weighted by atomic mass is 10.3. The van der Waals surface area contributed by atoms with Crippen LogP contribution in [0, 0.1) is 0 Å². The molecule has 0 unspecified atom stereocenters. The minimum absolute atomic E-state index is 0.169. The van der Waals surface area contributed by atoms with Gasteiger partial charge in [-0.25, -0.2) is 13.1 Å². The number of aromatic nitrogens is 1. The summed E-state index contributed by atoms with van der Waals surface area (Å²) in [6.07, 6.45) is 3.57. The molecule has 0 saturated heterocycles. The topological polar surface area (TPSA) is 59.1 Å². The van der Waals surface area contributed by atoms with Crippen LogP contribution in [-0.2, 0) is 16.4 Å². The highest BCUT2D eigenvalue weighted by atomic mass is 79.9. The maximum Gasteiger partial charge on any atom is 0.242 e. The Kier molecular flexibility index (Phi) is 4.50. The molecule has 0 fully saturated rings. The van der Waals surface area contributed by atoms with Crippen LogP contribution in [0.1, 0.15) is 4.88 Å². The van der Waals surface area contributed by atoms with Crippen molar-refractivity contribution in [2.24, 2.45) is 0 Å². The van der Waals surface area contributed by atoms with Gasteiger partial charge in [0, 0.05) is 28.3 Å². The summed E-state index contributed by atoms with van der Waals surface area (Å²) in [6.45, 7) is 0.384. The van der Waals surface area contributed by atoms with Gasteiger partial charge in [0.15, 0.2) is 0 Å². The second kappa shape index (κ2) is 5.92. The van der Waals surface area contributed by atoms with E-state index in [9.17, 15) is 8.42 Å². The predicted molar refractivity (Wildman–Crippen MR) is 75.1 cm³/mol. The van der Waals surface area contributed by atoms with Gasteiger partial charge in [-0.15, -0.1) is 11.3 Å². The van der Waals surface area contributed by atoms with Gasteiger partial charge in [-0.3, -0.25) is 4.98 Å². The summed E-state index contributed by atoms with van der Waals surface area (Å²) in [5, 5.41) is 1.97. The van der Waals surface area contributed by atoms with Crippen molar-refractivity contribution in [3.05, 3.63) is 45.3 Å². The normalized spacial score (nSPS) is 11.6. The predicted octanol–water partition coefficient (Wildman–Crippen LogP) is 2.43. The van der Waals surface area contributed by atoms with Crippen LogP contribution < -0.4 is 4.72 Å². The largest absolute Gasteiger partial charge is 0.262 e. The van der Waals surface area contributed by atoms with Crippen molar-refractivity contribution >= 4 is 37.3 Å². The number of nitrogens with zero attached hydrogens (tertiary/aromatic N) is 1. The summed E-state index contributed by atoms with van der Waals surface area (Å²) in [5.41, 5.74) is 0. The minimum atomic E-state index is -3.47. The van der Waals surface area contributed by atoms with Crippen LogP contribution in [-0.4, -0.2) is 19.9 Å². The molecule has 2 aromatic rings. The van der Waals surface area contributed by atoms with Crippen molar-refractivity contribution < 1.29 is 8.42 Å². The SMILES string of the molecule is O=S(=O)(NCCc1cccs1)c1cncc(Br)c1. The molecule has 0 aliphatic rings. The maximum atomic E-state index is 11.9. The first-order valence-electron chi connectivity index (χ1n) is 5.20. The average molecular weight is 347 g/mol. The number of hydrogen-bond donors (Lipinski definition) is 1. The molecule has 0 aliphatic heterocycles. The molecule has 0 amide bonds. The van der Waals surface area contributed by atoms with Gasteiger partial charge in [0.2, 0.25) is 10.0 Å². The molecule has 96 valence electrons. The van der Waals surface area contributed by atoms with Crippen LogP contribution in [0.2, 0.25) is 0 Å². The quantitative estimate of drug-likeness (QED) is 0.904. The third kappa shape index (κ3) is 3.61. The molecular formula is C11H11BrN2O2S2. The number of rotatable bonds is 5. The molecule has 18 heavy (non-hydrogen) atoms. The highest BCUT2D eigenvalue weighted by Gasteiger charge is 2.14. The molecule has 0 aliphatic carbocycles. The first-order chi connectivity index (χ1) is 8.58. The zero-order valence-electron chi connectivity index (χ0n) is 9.34. The third-order valence-electron chi connectivity index (χ3n) is 2.23. The third-order valence-corrected chi connectivity index (χ3v) is 5.03. The Morgan fingerprint density at radius 1 is 1.39 bits per heavy atom. The van der Waals surface area contributed by atoms with Crippen LogP contribution >= 0.6 is 27.3 Å². The molecule has 0 saturated carbocycles. The highest BCUT2D eigenvalue weighted by molar-refractivity contribution is 9.10. The van der Waals surface area contributed by atoms with Gasteiger partial charge >= 0.3 is 0 Å². The van der Waals surface area contributed by atoms with Crippen molar-refractivity contribution in [1.82, 2.24) is 9.71 Å². The van der Waals surface area contributed by atoms with Crippen LogP contribution in [0.25, 0.3) is 0 Å². The standard InChI is InChI=1S/C11H11BrN2O2S2/c12-9-6-11(8-13-7-9)18(15,16)14-4-3-10-2-1-5-17-10/h1-2,5-8,14H,3-4H2. The summed E-state index contributed by atoms with van der Waals surface area (Å²) in [7, 11) is -3.47. The highest BCUT2D eigenvalue weighted by Crippen LogP contribution is 2.14. The fourth-order valence-corrected chi connectivity index (χ4v) is 3.63. The van der Waals surface area contributed by atoms with Crippen molar-refractivity contribution in [2.75, 3.05) is 6.54 Å². The Morgan fingerprint density at radius 2 is 2.22 bits per heavy atom. The molecule has 0 atom stereocenters. The molecule has 2 heterocycles. The van der Waals surface area contributed by atoms with Crippen molar-refractivity contribution in [3.8, 4) is 0 Å². The molecule has 0 radical (unpaired) electrons. The lowest BCUT2D eigenvalue weighted by Gasteiger charge is -2.05. The van der Waals surface area contributed by atoms with E-state index >= 15 is 0 Å². The van der Waals surface area contributed by atoms with Gasteiger partial charge in [0.05, 0.1) is 0 Å². The second-order valence-electron chi connectivity index (χ2n) is 3.57. The van der Waals surface area contributed by atoms with Gasteiger partial charge < -0.3 is 0 Å². The van der Waals surface area contributed by atoms with E-state index < -0.39 is 10.0 Å². The van der Waals surface area contributed by atoms with Gasteiger partial charge in [0.25, 0.3) is 0 Å². The number of thiophene rings is 1. The number of pyridine rings is 1. The Bertz CT molecular complexity index is 612. The number of hydrogen-bond acceptors (Lipinski definition) is 4. The second-order valence-corrected chi connectivity index (χ2v) is 7.28. The molecule has 0 bridgehead atoms. The van der Waals surface area contributed by atoms with E-state index in [2.05, 4.69) is 25.6 Å². The molecule has 2 aromatic heterocycles. The Hall–Kier alpha value is -0.760. The molecule has 0 spiro atoms. The van der Waals surface area contributed by atoms with Gasteiger partial charge in [-0.05, 0) is 39.9 Å². The number of halogens is 1. The van der Waals surface area contributed by atoms with Gasteiger partial charge in [0.1, 0.15) is 4.90 Å². The lowest BCUT2D eigenvalue weighted by molar-refractivity contribution is 0.581. The summed E-state index contributed by atoms with van der Waals surface area (Å²) >= 11 is 4.82. The van der Waals surface area contributed by atoms with E-state index in [0.29, 0.717) is 17.4 Å². The molecule has 7 heteroatoms. The summed E-state index contributed by atoms with van der Waals surface area (Å²) in [6, 6.07) is 5.47. The molecule has 4 nitrogen and oxygen atoms in total. The fourth-order valence-electron chi connectivity index (χ4n) is 1.39. The average Bonchev–Trinajstić information content (AvgIpc) is 2.82. The van der Waals surface area contributed by atoms with E-state index in [0.717, 1.165) is 4.88 Å². The summed E-state index contributed by atoms with van der Waals surface area (Å²) in [4.78, 5) is 5.17. The van der Waals surface area contributed by atoms with Gasteiger partial charge in [-0.1, -0.05) is 6.07 Å². The zero-order valence-corrected chi connectivity index (χ0v) is 12.6. The minimum Gasteiger partial charge on any atom is -0.262 e. The monoisotopic (exact) mass is 346 g/mol. The zero-order chi connectivity index (χ0) is 13.0. The Labute approximate surface area is 118 Å². The van der Waals surface area contributed by atoms with E-state index in [-0.39, 0.29) is 4.90 Å². The number of nitrogens with one attached hydrogen (secondary N) is 1. The van der Waals surface area contributed by atoms with E-state index in [1.807, 2.05) is 17.5 Å². The van der Waals surface area contributed by atoms with Crippen LogP contribution in [0.4, 0.5) is 0 Å². The van der Waals surface area contributed by atoms with Gasteiger partial charge in [-0.2, -0.15) is 0 Å². The summed E-state index contributed by atoms with van der Waals surface area (Å²) in [5.74, 6) is 0. The first-order valence-corrected chi connectivity index (χ1v) is 8.36. The Morgan fingerprint density at radius 3 is 2.89 bits per heavy atom. The molecular weight excluding hydrogens is 336 g/mol. The first kappa shape index (κ1) is 13.7. The van der Waals surface area contributed by atoms with E-state index in [1.54, 1.807) is 17.5 Å². The molecule has 2 rings (SSSR count). The van der Waals surface area contributed by atoms with E-state index in [4.69, 9.17) is 0 Å². The number of sulfonamides is 1. The molecule has 0 aromatic carbocycles.